The lowest BCUT2D eigenvalue weighted by Gasteiger charge is -2.14. The molecule has 3 N–H and O–H groups in total. The standard InChI is InChI=1S/C18H37NO2/c1-2-3-4-5-6-7-8-9-10-11-12-13-14-17-18(20)16(19)15-21-17/h16-18,20H,2-15,19H2,1H3/t16-,17-,18-/m0/s1. The summed E-state index contributed by atoms with van der Waals surface area (Å²) in [6, 6.07) is -0.174. The van der Waals surface area contributed by atoms with Crippen molar-refractivity contribution in [3.05, 3.63) is 0 Å². The number of nitrogens with two attached hydrogens (primary N) is 1. The van der Waals surface area contributed by atoms with Crippen LogP contribution < -0.4 is 5.73 Å². The van der Waals surface area contributed by atoms with Gasteiger partial charge in [0.25, 0.3) is 0 Å². The normalized spacial score (nSPS) is 25.6. The lowest BCUT2D eigenvalue weighted by Crippen LogP contribution is -2.36. The number of ether oxygens (including phenoxy) is 1. The highest BCUT2D eigenvalue weighted by Crippen LogP contribution is 2.19. The number of hydrogen-bond acceptors (Lipinski definition) is 3. The number of aliphatic hydroxyl groups excluding tert-OH is 1. The highest BCUT2D eigenvalue weighted by molar-refractivity contribution is 4.85. The largest absolute Gasteiger partial charge is 0.389 e. The summed E-state index contributed by atoms with van der Waals surface area (Å²) >= 11 is 0. The van der Waals surface area contributed by atoms with Gasteiger partial charge in [-0.15, -0.1) is 0 Å². The molecule has 3 nitrogen and oxygen atoms in total. The zero-order chi connectivity index (χ0) is 15.3. The van der Waals surface area contributed by atoms with Crippen LogP contribution in [-0.2, 0) is 4.74 Å². The molecule has 1 aliphatic heterocycles. The molecule has 0 aromatic carbocycles. The SMILES string of the molecule is CCCCCCCCCCCCCC[C@@H]1OC[C@H](N)[C@@H]1O. The fourth-order valence-corrected chi connectivity index (χ4v) is 3.15. The van der Waals surface area contributed by atoms with Crippen molar-refractivity contribution in [1.29, 1.82) is 0 Å². The van der Waals surface area contributed by atoms with Crippen LogP contribution in [0.5, 0.6) is 0 Å². The van der Waals surface area contributed by atoms with Crippen LogP contribution in [0.1, 0.15) is 90.4 Å². The third kappa shape index (κ3) is 8.80. The van der Waals surface area contributed by atoms with Gasteiger partial charge in [0.15, 0.2) is 0 Å². The predicted octanol–water partition coefficient (Wildman–Crippen LogP) is 4.16. The third-order valence-electron chi connectivity index (χ3n) is 4.66. The van der Waals surface area contributed by atoms with Crippen molar-refractivity contribution in [3.8, 4) is 0 Å². The van der Waals surface area contributed by atoms with Gasteiger partial charge in [-0.1, -0.05) is 84.0 Å². The molecule has 1 aliphatic rings. The molecule has 3 atom stereocenters. The first kappa shape index (κ1) is 18.9. The van der Waals surface area contributed by atoms with Crippen LogP contribution in [-0.4, -0.2) is 30.0 Å². The van der Waals surface area contributed by atoms with Gasteiger partial charge in [-0.25, -0.2) is 0 Å². The number of rotatable bonds is 13. The summed E-state index contributed by atoms with van der Waals surface area (Å²) in [6.45, 7) is 2.79. The van der Waals surface area contributed by atoms with Crippen molar-refractivity contribution in [1.82, 2.24) is 0 Å². The monoisotopic (exact) mass is 299 g/mol. The van der Waals surface area contributed by atoms with Gasteiger partial charge in [0.05, 0.1) is 24.9 Å². The van der Waals surface area contributed by atoms with Crippen molar-refractivity contribution in [3.63, 3.8) is 0 Å². The van der Waals surface area contributed by atoms with Gasteiger partial charge in [-0.05, 0) is 6.42 Å². The molecule has 0 unspecified atom stereocenters. The second-order valence-corrected chi connectivity index (χ2v) is 6.70. The van der Waals surface area contributed by atoms with Gasteiger partial charge in [0.1, 0.15) is 0 Å². The highest BCUT2D eigenvalue weighted by Gasteiger charge is 2.32. The molecule has 0 amide bonds. The van der Waals surface area contributed by atoms with Gasteiger partial charge in [0.2, 0.25) is 0 Å². The van der Waals surface area contributed by atoms with Crippen LogP contribution in [0.2, 0.25) is 0 Å². The van der Waals surface area contributed by atoms with Crippen molar-refractivity contribution >= 4 is 0 Å². The second-order valence-electron chi connectivity index (χ2n) is 6.70. The first-order valence-electron chi connectivity index (χ1n) is 9.31. The molecule has 1 saturated heterocycles. The molecule has 1 rings (SSSR count). The maximum atomic E-state index is 9.78. The first-order chi connectivity index (χ1) is 10.3. The van der Waals surface area contributed by atoms with Crippen molar-refractivity contribution in [2.75, 3.05) is 6.61 Å². The molecule has 0 aromatic heterocycles. The van der Waals surface area contributed by atoms with Crippen molar-refractivity contribution < 1.29 is 9.84 Å². The molecule has 0 aromatic rings. The Balaban J connectivity index is 1.77. The maximum Gasteiger partial charge on any atom is 0.0974 e. The molecule has 0 spiro atoms. The fraction of sp³-hybridized carbons (Fsp3) is 1.00. The van der Waals surface area contributed by atoms with E-state index in [4.69, 9.17) is 10.5 Å². The van der Waals surface area contributed by atoms with Gasteiger partial charge in [-0.3, -0.25) is 0 Å². The van der Waals surface area contributed by atoms with Gasteiger partial charge < -0.3 is 15.6 Å². The zero-order valence-corrected chi connectivity index (χ0v) is 14.1. The average Bonchev–Trinajstić information content (AvgIpc) is 2.80. The van der Waals surface area contributed by atoms with Crippen molar-refractivity contribution in [2.24, 2.45) is 5.73 Å². The summed E-state index contributed by atoms with van der Waals surface area (Å²) in [6.07, 6.45) is 16.9. The Morgan fingerprint density at radius 3 is 1.76 bits per heavy atom. The highest BCUT2D eigenvalue weighted by atomic mass is 16.5. The van der Waals surface area contributed by atoms with Crippen LogP contribution in [0.15, 0.2) is 0 Å². The number of aliphatic hydroxyl groups is 1. The van der Waals surface area contributed by atoms with Crippen molar-refractivity contribution in [2.45, 2.75) is 109 Å². The summed E-state index contributed by atoms with van der Waals surface area (Å²) in [5.41, 5.74) is 5.73. The zero-order valence-electron chi connectivity index (χ0n) is 14.1. The van der Waals surface area contributed by atoms with E-state index in [0.717, 1.165) is 12.8 Å². The molecule has 0 saturated carbocycles. The van der Waals surface area contributed by atoms with E-state index in [1.165, 1.54) is 70.6 Å². The Kier molecular flexibility index (Phi) is 11.2. The minimum atomic E-state index is -0.447. The van der Waals surface area contributed by atoms with E-state index in [-0.39, 0.29) is 12.1 Å². The molecule has 0 radical (unpaired) electrons. The Morgan fingerprint density at radius 1 is 0.857 bits per heavy atom. The molecule has 0 aliphatic carbocycles. The van der Waals surface area contributed by atoms with E-state index in [9.17, 15) is 5.11 Å². The Bertz CT molecular complexity index is 235. The smallest absolute Gasteiger partial charge is 0.0974 e. The summed E-state index contributed by atoms with van der Waals surface area (Å²) in [5, 5.41) is 9.78. The topological polar surface area (TPSA) is 55.5 Å². The van der Waals surface area contributed by atoms with Gasteiger partial charge in [0, 0.05) is 0 Å². The van der Waals surface area contributed by atoms with E-state index in [2.05, 4.69) is 6.92 Å². The summed E-state index contributed by atoms with van der Waals surface area (Å²) < 4.78 is 5.50. The lowest BCUT2D eigenvalue weighted by atomic mass is 10.0. The lowest BCUT2D eigenvalue weighted by molar-refractivity contribution is 0.0342. The van der Waals surface area contributed by atoms with Crippen LogP contribution >= 0.6 is 0 Å². The van der Waals surface area contributed by atoms with E-state index in [0.29, 0.717) is 6.61 Å². The van der Waals surface area contributed by atoms with Crippen LogP contribution in [0.25, 0.3) is 0 Å². The van der Waals surface area contributed by atoms with Crippen LogP contribution in [0, 0.1) is 0 Å². The van der Waals surface area contributed by atoms with E-state index in [1.54, 1.807) is 0 Å². The molecule has 21 heavy (non-hydrogen) atoms. The number of unbranched alkanes of at least 4 members (excludes halogenated alkanes) is 11. The molecular weight excluding hydrogens is 262 g/mol. The Hall–Kier alpha value is -0.120. The molecular formula is C18H37NO2. The summed E-state index contributed by atoms with van der Waals surface area (Å²) in [4.78, 5) is 0. The predicted molar refractivity (Wildman–Crippen MR) is 89.4 cm³/mol. The fourth-order valence-electron chi connectivity index (χ4n) is 3.15. The molecule has 1 heterocycles. The molecule has 3 heteroatoms. The Labute approximate surface area is 131 Å². The number of hydrogen-bond donors (Lipinski definition) is 2. The molecule has 126 valence electrons. The van der Waals surface area contributed by atoms with Crippen LogP contribution in [0.3, 0.4) is 0 Å². The minimum Gasteiger partial charge on any atom is -0.389 e. The summed E-state index contributed by atoms with van der Waals surface area (Å²) in [5.74, 6) is 0. The molecule has 0 bridgehead atoms. The third-order valence-corrected chi connectivity index (χ3v) is 4.66. The van der Waals surface area contributed by atoms with E-state index < -0.39 is 6.10 Å². The van der Waals surface area contributed by atoms with E-state index >= 15 is 0 Å². The van der Waals surface area contributed by atoms with E-state index in [1.807, 2.05) is 0 Å². The minimum absolute atomic E-state index is 0.0110. The maximum absolute atomic E-state index is 9.78. The average molecular weight is 299 g/mol. The van der Waals surface area contributed by atoms with Crippen LogP contribution in [0.4, 0.5) is 0 Å². The van der Waals surface area contributed by atoms with Gasteiger partial charge >= 0.3 is 0 Å². The Morgan fingerprint density at radius 2 is 1.33 bits per heavy atom. The summed E-state index contributed by atoms with van der Waals surface area (Å²) in [7, 11) is 0. The second kappa shape index (κ2) is 12.4. The first-order valence-corrected chi connectivity index (χ1v) is 9.31. The molecule has 1 fully saturated rings. The van der Waals surface area contributed by atoms with Gasteiger partial charge in [-0.2, -0.15) is 0 Å². The quantitative estimate of drug-likeness (QED) is 0.502.